The summed E-state index contributed by atoms with van der Waals surface area (Å²) < 4.78 is 57.7. The van der Waals surface area contributed by atoms with Crippen LogP contribution in [0, 0.1) is 13.8 Å². The van der Waals surface area contributed by atoms with Crippen LogP contribution in [0.2, 0.25) is 0 Å². The number of sulfonamides is 2. The molecule has 2 aliphatic rings. The summed E-state index contributed by atoms with van der Waals surface area (Å²) in [5.74, 6) is 0. The Morgan fingerprint density at radius 2 is 0.700 bits per heavy atom. The van der Waals surface area contributed by atoms with Gasteiger partial charge < -0.3 is 0 Å². The topological polar surface area (TPSA) is 74.8 Å². The van der Waals surface area contributed by atoms with Gasteiger partial charge in [-0.2, -0.15) is 0 Å². The number of anilines is 2. The number of benzene rings is 8. The monoisotopic (exact) mass is 822 g/mol. The van der Waals surface area contributed by atoms with Crippen molar-refractivity contribution in [2.24, 2.45) is 0 Å². The third-order valence-corrected chi connectivity index (χ3v) is 14.8. The Bertz CT molecular complexity index is 2870. The van der Waals surface area contributed by atoms with Gasteiger partial charge in [0.25, 0.3) is 20.0 Å². The van der Waals surface area contributed by atoms with Crippen LogP contribution in [-0.4, -0.2) is 16.8 Å². The number of aryl methyl sites for hydroxylation is 2. The van der Waals surface area contributed by atoms with Gasteiger partial charge in [-0.1, -0.05) is 169 Å². The highest BCUT2D eigenvalue weighted by molar-refractivity contribution is 7.93. The van der Waals surface area contributed by atoms with E-state index >= 15 is 0 Å². The van der Waals surface area contributed by atoms with Crippen molar-refractivity contribution in [2.45, 2.75) is 36.7 Å². The smallest absolute Gasteiger partial charge is 0.261 e. The minimum Gasteiger partial charge on any atom is -0.261 e. The summed E-state index contributed by atoms with van der Waals surface area (Å²) in [6.45, 7) is 4.54. The van der Waals surface area contributed by atoms with Gasteiger partial charge in [0.1, 0.15) is 0 Å². The molecule has 0 aromatic heterocycles. The quantitative estimate of drug-likeness (QED) is 0.167. The largest absolute Gasteiger partial charge is 0.264 e. The standard InChI is InChI=1S/2C26H21NO2S/c2*1-19-11-14-23(15-12-19)30(28,29)27-18-22-9-5-6-10-24(22)25-16-13-21(17-26(25)27)20-7-3-2-4-8-20/h2*2-17H,18H2,1H3. The van der Waals surface area contributed by atoms with Gasteiger partial charge in [-0.05, 0) is 94.8 Å². The van der Waals surface area contributed by atoms with Crippen molar-refractivity contribution < 1.29 is 16.8 Å². The lowest BCUT2D eigenvalue weighted by molar-refractivity contribution is 0.588. The maximum atomic E-state index is 13.6. The van der Waals surface area contributed by atoms with Crippen LogP contribution in [0.5, 0.6) is 0 Å². The van der Waals surface area contributed by atoms with Gasteiger partial charge in [0, 0.05) is 11.1 Å². The minimum absolute atomic E-state index is 0.309. The molecule has 0 unspecified atom stereocenters. The molecule has 6 nitrogen and oxygen atoms in total. The summed E-state index contributed by atoms with van der Waals surface area (Å²) in [4.78, 5) is 0.618. The van der Waals surface area contributed by atoms with Crippen molar-refractivity contribution in [3.05, 3.63) is 216 Å². The van der Waals surface area contributed by atoms with Crippen LogP contribution in [0.4, 0.5) is 11.4 Å². The Hall–Kier alpha value is -6.74. The Balaban J connectivity index is 0.000000154. The van der Waals surface area contributed by atoms with E-state index in [1.807, 2.05) is 159 Å². The molecule has 0 saturated carbocycles. The molecule has 0 aliphatic carbocycles. The van der Waals surface area contributed by atoms with Crippen LogP contribution in [0.3, 0.4) is 0 Å². The highest BCUT2D eigenvalue weighted by Gasteiger charge is 2.33. The van der Waals surface area contributed by atoms with Gasteiger partial charge in [-0.25, -0.2) is 16.8 Å². The summed E-state index contributed by atoms with van der Waals surface area (Å²) in [5, 5.41) is 0. The van der Waals surface area contributed by atoms with Crippen molar-refractivity contribution in [1.82, 2.24) is 0 Å². The molecular formula is C52H42N2O4S2. The molecule has 296 valence electrons. The first-order valence-corrected chi connectivity index (χ1v) is 22.7. The molecule has 8 heteroatoms. The lowest BCUT2D eigenvalue weighted by atomic mass is 9.92. The Kier molecular flexibility index (Phi) is 10.2. The Morgan fingerprint density at radius 3 is 1.08 bits per heavy atom. The number of rotatable bonds is 6. The highest BCUT2D eigenvalue weighted by atomic mass is 32.2. The first-order valence-electron chi connectivity index (χ1n) is 19.8. The van der Waals surface area contributed by atoms with E-state index in [-0.39, 0.29) is 0 Å². The molecule has 60 heavy (non-hydrogen) atoms. The maximum absolute atomic E-state index is 13.6. The van der Waals surface area contributed by atoms with Crippen molar-refractivity contribution >= 4 is 31.4 Å². The lowest BCUT2D eigenvalue weighted by Crippen LogP contribution is -2.33. The first-order chi connectivity index (χ1) is 29.1. The molecule has 0 spiro atoms. The van der Waals surface area contributed by atoms with E-state index in [2.05, 4.69) is 24.3 Å². The average Bonchev–Trinajstić information content (AvgIpc) is 3.29. The van der Waals surface area contributed by atoms with E-state index in [4.69, 9.17) is 0 Å². The van der Waals surface area contributed by atoms with Gasteiger partial charge in [0.15, 0.2) is 0 Å². The molecular weight excluding hydrogens is 781 g/mol. The average molecular weight is 823 g/mol. The zero-order valence-electron chi connectivity index (χ0n) is 33.2. The van der Waals surface area contributed by atoms with Gasteiger partial charge in [-0.15, -0.1) is 0 Å². The van der Waals surface area contributed by atoms with Gasteiger partial charge in [0.2, 0.25) is 0 Å². The summed E-state index contributed by atoms with van der Waals surface area (Å²) in [6.07, 6.45) is 0. The number of fused-ring (bicyclic) bond motifs is 6. The maximum Gasteiger partial charge on any atom is 0.264 e. The second-order valence-corrected chi connectivity index (χ2v) is 18.9. The van der Waals surface area contributed by atoms with Crippen LogP contribution >= 0.6 is 0 Å². The Labute approximate surface area is 352 Å². The molecule has 2 heterocycles. The van der Waals surface area contributed by atoms with E-state index < -0.39 is 20.0 Å². The van der Waals surface area contributed by atoms with Gasteiger partial charge in [0.05, 0.1) is 34.3 Å². The minimum atomic E-state index is -3.70. The molecule has 0 fully saturated rings. The van der Waals surface area contributed by atoms with E-state index in [9.17, 15) is 16.8 Å². The Morgan fingerprint density at radius 1 is 0.350 bits per heavy atom. The van der Waals surface area contributed by atoms with Crippen LogP contribution in [0.25, 0.3) is 44.5 Å². The summed E-state index contributed by atoms with van der Waals surface area (Å²) in [5.41, 5.74) is 13.7. The fraction of sp³-hybridized carbons (Fsp3) is 0.0769. The fourth-order valence-corrected chi connectivity index (χ4v) is 10.9. The normalized spacial score (nSPS) is 12.9. The summed E-state index contributed by atoms with van der Waals surface area (Å²) in [6, 6.07) is 62.4. The van der Waals surface area contributed by atoms with Crippen molar-refractivity contribution in [3.8, 4) is 44.5 Å². The van der Waals surface area contributed by atoms with E-state index in [1.54, 1.807) is 32.9 Å². The summed E-state index contributed by atoms with van der Waals surface area (Å²) in [7, 11) is -7.40. The van der Waals surface area contributed by atoms with Crippen molar-refractivity contribution in [1.29, 1.82) is 0 Å². The number of hydrogen-bond acceptors (Lipinski definition) is 4. The predicted molar refractivity (Wildman–Crippen MR) is 244 cm³/mol. The SMILES string of the molecule is Cc1ccc(S(=O)(=O)N2Cc3ccccc3-c3ccc(-c4ccccc4)cc32)cc1.Cc1ccc(S(=O)(=O)N2Cc3ccccc3-c3ccc(-c4ccccc4)cc32)cc1. The van der Waals surface area contributed by atoms with Crippen molar-refractivity contribution in [2.75, 3.05) is 8.61 Å². The molecule has 8 aromatic carbocycles. The van der Waals surface area contributed by atoms with Crippen LogP contribution in [-0.2, 0) is 33.1 Å². The molecule has 0 atom stereocenters. The van der Waals surface area contributed by atoms with Crippen LogP contribution in [0.15, 0.2) is 204 Å². The molecule has 0 radical (unpaired) electrons. The van der Waals surface area contributed by atoms with Crippen molar-refractivity contribution in [3.63, 3.8) is 0 Å². The highest BCUT2D eigenvalue weighted by Crippen LogP contribution is 2.45. The molecule has 0 N–H and O–H groups in total. The zero-order chi connectivity index (χ0) is 41.4. The summed E-state index contributed by atoms with van der Waals surface area (Å²) >= 11 is 0. The van der Waals surface area contributed by atoms with Gasteiger partial charge in [-0.3, -0.25) is 8.61 Å². The molecule has 8 aromatic rings. The van der Waals surface area contributed by atoms with Crippen LogP contribution < -0.4 is 8.61 Å². The fourth-order valence-electron chi connectivity index (χ4n) is 7.98. The molecule has 2 aliphatic heterocycles. The molecule has 10 rings (SSSR count). The zero-order valence-corrected chi connectivity index (χ0v) is 34.9. The third-order valence-electron chi connectivity index (χ3n) is 11.2. The predicted octanol–water partition coefficient (Wildman–Crippen LogP) is 12.1. The lowest BCUT2D eigenvalue weighted by Gasteiger charge is -2.32. The second-order valence-electron chi connectivity index (χ2n) is 15.2. The second kappa shape index (κ2) is 15.8. The van der Waals surface area contributed by atoms with E-state index in [1.165, 1.54) is 0 Å². The van der Waals surface area contributed by atoms with E-state index in [0.29, 0.717) is 22.9 Å². The first kappa shape index (κ1) is 38.8. The number of nitrogens with zero attached hydrogens (tertiary/aromatic N) is 2. The van der Waals surface area contributed by atoms with Crippen LogP contribution in [0.1, 0.15) is 22.3 Å². The molecule has 0 saturated heterocycles. The molecule has 0 bridgehead atoms. The number of hydrogen-bond donors (Lipinski definition) is 0. The van der Waals surface area contributed by atoms with Gasteiger partial charge >= 0.3 is 0 Å². The molecule has 0 amide bonds. The van der Waals surface area contributed by atoms with E-state index in [0.717, 1.165) is 78.1 Å². The third kappa shape index (κ3) is 7.29.